The molecule has 0 radical (unpaired) electrons. The van der Waals surface area contributed by atoms with Crippen LogP contribution in [-0.4, -0.2) is 23.2 Å². The van der Waals surface area contributed by atoms with E-state index in [1.54, 1.807) is 12.3 Å². The first-order valence-electron chi connectivity index (χ1n) is 5.62. The predicted octanol–water partition coefficient (Wildman–Crippen LogP) is 2.89. The van der Waals surface area contributed by atoms with E-state index in [1.807, 2.05) is 19.1 Å². The van der Waals surface area contributed by atoms with Gasteiger partial charge < -0.3 is 14.6 Å². The third kappa shape index (κ3) is 2.82. The SMILES string of the molecule is COc1cc(C(=O)O)ccc1Oc1ncccc1C. The van der Waals surface area contributed by atoms with Crippen LogP contribution in [0.3, 0.4) is 0 Å². The number of methoxy groups -OCH3 is 1. The molecule has 0 atom stereocenters. The molecule has 0 amide bonds. The Morgan fingerprint density at radius 3 is 2.68 bits per heavy atom. The van der Waals surface area contributed by atoms with Crippen LogP contribution in [0.25, 0.3) is 0 Å². The molecule has 5 heteroatoms. The molecule has 0 bridgehead atoms. The number of ether oxygens (including phenoxy) is 2. The van der Waals surface area contributed by atoms with Gasteiger partial charge in [0.15, 0.2) is 11.5 Å². The topological polar surface area (TPSA) is 68.7 Å². The van der Waals surface area contributed by atoms with Crippen molar-refractivity contribution in [3.8, 4) is 17.4 Å². The van der Waals surface area contributed by atoms with Gasteiger partial charge in [0, 0.05) is 11.8 Å². The molecular formula is C14H13NO4. The van der Waals surface area contributed by atoms with Gasteiger partial charge >= 0.3 is 5.97 Å². The predicted molar refractivity (Wildman–Crippen MR) is 69.0 cm³/mol. The van der Waals surface area contributed by atoms with E-state index >= 15 is 0 Å². The fourth-order valence-electron chi connectivity index (χ4n) is 1.57. The van der Waals surface area contributed by atoms with Crippen molar-refractivity contribution in [1.82, 2.24) is 4.98 Å². The molecule has 1 N–H and O–H groups in total. The van der Waals surface area contributed by atoms with Gasteiger partial charge in [-0.15, -0.1) is 0 Å². The highest BCUT2D eigenvalue weighted by Gasteiger charge is 2.12. The van der Waals surface area contributed by atoms with E-state index in [4.69, 9.17) is 14.6 Å². The number of rotatable bonds is 4. The van der Waals surface area contributed by atoms with Crippen LogP contribution in [0.5, 0.6) is 17.4 Å². The van der Waals surface area contributed by atoms with Crippen molar-refractivity contribution < 1.29 is 19.4 Å². The van der Waals surface area contributed by atoms with Crippen LogP contribution in [0, 0.1) is 6.92 Å². The van der Waals surface area contributed by atoms with E-state index in [0.29, 0.717) is 17.4 Å². The van der Waals surface area contributed by atoms with E-state index < -0.39 is 5.97 Å². The van der Waals surface area contributed by atoms with Crippen molar-refractivity contribution in [1.29, 1.82) is 0 Å². The van der Waals surface area contributed by atoms with Crippen LogP contribution in [0.4, 0.5) is 0 Å². The molecule has 1 aromatic heterocycles. The Balaban J connectivity index is 2.35. The third-order valence-electron chi connectivity index (χ3n) is 2.58. The molecule has 0 saturated heterocycles. The number of aromatic nitrogens is 1. The van der Waals surface area contributed by atoms with Gasteiger partial charge in [-0.05, 0) is 31.2 Å². The van der Waals surface area contributed by atoms with Gasteiger partial charge in [-0.25, -0.2) is 9.78 Å². The molecule has 0 aliphatic rings. The van der Waals surface area contributed by atoms with Crippen LogP contribution in [0.1, 0.15) is 15.9 Å². The summed E-state index contributed by atoms with van der Waals surface area (Å²) in [7, 11) is 1.46. The van der Waals surface area contributed by atoms with Crippen molar-refractivity contribution in [2.24, 2.45) is 0 Å². The second-order valence-corrected chi connectivity index (χ2v) is 3.90. The Labute approximate surface area is 110 Å². The molecule has 0 unspecified atom stereocenters. The number of benzene rings is 1. The summed E-state index contributed by atoms with van der Waals surface area (Å²) >= 11 is 0. The van der Waals surface area contributed by atoms with Crippen molar-refractivity contribution in [3.63, 3.8) is 0 Å². The lowest BCUT2D eigenvalue weighted by Crippen LogP contribution is -1.99. The minimum absolute atomic E-state index is 0.141. The van der Waals surface area contributed by atoms with E-state index in [0.717, 1.165) is 5.56 Å². The third-order valence-corrected chi connectivity index (χ3v) is 2.58. The van der Waals surface area contributed by atoms with Gasteiger partial charge in [0.1, 0.15) is 0 Å². The molecular weight excluding hydrogens is 246 g/mol. The second kappa shape index (κ2) is 5.39. The summed E-state index contributed by atoms with van der Waals surface area (Å²) in [6.45, 7) is 1.88. The molecule has 0 spiro atoms. The first-order chi connectivity index (χ1) is 9.11. The van der Waals surface area contributed by atoms with Gasteiger partial charge in [-0.2, -0.15) is 0 Å². The lowest BCUT2D eigenvalue weighted by molar-refractivity contribution is 0.0696. The first kappa shape index (κ1) is 12.9. The highest BCUT2D eigenvalue weighted by Crippen LogP contribution is 2.32. The Hall–Kier alpha value is -2.56. The summed E-state index contributed by atoms with van der Waals surface area (Å²) < 4.78 is 10.8. The highest BCUT2D eigenvalue weighted by atomic mass is 16.5. The number of aryl methyl sites for hydroxylation is 1. The molecule has 2 aromatic rings. The Bertz CT molecular complexity index is 610. The average molecular weight is 259 g/mol. The number of pyridine rings is 1. The summed E-state index contributed by atoms with van der Waals surface area (Å²) in [5.41, 5.74) is 1.02. The van der Waals surface area contributed by atoms with Crippen molar-refractivity contribution >= 4 is 5.97 Å². The molecule has 2 rings (SSSR count). The second-order valence-electron chi connectivity index (χ2n) is 3.90. The van der Waals surface area contributed by atoms with E-state index in [9.17, 15) is 4.79 Å². The van der Waals surface area contributed by atoms with Crippen molar-refractivity contribution in [3.05, 3.63) is 47.7 Å². The average Bonchev–Trinajstić information content (AvgIpc) is 2.41. The maximum absolute atomic E-state index is 10.9. The maximum Gasteiger partial charge on any atom is 0.335 e. The molecule has 1 heterocycles. The monoisotopic (exact) mass is 259 g/mol. The normalized spacial score (nSPS) is 10.0. The zero-order chi connectivity index (χ0) is 13.8. The van der Waals surface area contributed by atoms with Crippen molar-refractivity contribution in [2.75, 3.05) is 7.11 Å². The summed E-state index contributed by atoms with van der Waals surface area (Å²) in [4.78, 5) is 15.0. The van der Waals surface area contributed by atoms with E-state index in [-0.39, 0.29) is 5.56 Å². The van der Waals surface area contributed by atoms with E-state index in [1.165, 1.54) is 19.2 Å². The summed E-state index contributed by atoms with van der Waals surface area (Å²) in [5.74, 6) is 0.224. The zero-order valence-corrected chi connectivity index (χ0v) is 10.6. The number of carbonyl (C=O) groups is 1. The molecule has 1 aromatic carbocycles. The fourth-order valence-corrected chi connectivity index (χ4v) is 1.57. The van der Waals surface area contributed by atoms with Crippen LogP contribution in [-0.2, 0) is 0 Å². The number of hydrogen-bond acceptors (Lipinski definition) is 4. The minimum Gasteiger partial charge on any atom is -0.493 e. The standard InChI is InChI=1S/C14H13NO4/c1-9-4-3-7-15-13(9)19-11-6-5-10(14(16)17)8-12(11)18-2/h3-8H,1-2H3,(H,16,17). The smallest absolute Gasteiger partial charge is 0.335 e. The minimum atomic E-state index is -1.01. The molecule has 0 saturated carbocycles. The lowest BCUT2D eigenvalue weighted by Gasteiger charge is -2.11. The van der Waals surface area contributed by atoms with Gasteiger partial charge in [0.05, 0.1) is 12.7 Å². The number of aromatic carboxylic acids is 1. The summed E-state index contributed by atoms with van der Waals surface area (Å²) in [6, 6.07) is 8.11. The molecule has 0 fully saturated rings. The van der Waals surface area contributed by atoms with Crippen LogP contribution in [0.2, 0.25) is 0 Å². The Morgan fingerprint density at radius 2 is 2.05 bits per heavy atom. The van der Waals surface area contributed by atoms with Gasteiger partial charge in [-0.3, -0.25) is 0 Å². The molecule has 19 heavy (non-hydrogen) atoms. The molecule has 0 aliphatic heterocycles. The van der Waals surface area contributed by atoms with Gasteiger partial charge in [0.2, 0.25) is 5.88 Å². The number of carboxylic acid groups (broad SMARTS) is 1. The fraction of sp³-hybridized carbons (Fsp3) is 0.143. The lowest BCUT2D eigenvalue weighted by atomic mass is 10.2. The quantitative estimate of drug-likeness (QED) is 0.914. The number of nitrogens with zero attached hydrogens (tertiary/aromatic N) is 1. The van der Waals surface area contributed by atoms with Gasteiger partial charge in [-0.1, -0.05) is 6.07 Å². The number of carboxylic acids is 1. The van der Waals surface area contributed by atoms with Gasteiger partial charge in [0.25, 0.3) is 0 Å². The van der Waals surface area contributed by atoms with Crippen LogP contribution in [0.15, 0.2) is 36.5 Å². The maximum atomic E-state index is 10.9. The van der Waals surface area contributed by atoms with Crippen molar-refractivity contribution in [2.45, 2.75) is 6.92 Å². The Kier molecular flexibility index (Phi) is 3.66. The zero-order valence-electron chi connectivity index (χ0n) is 10.6. The largest absolute Gasteiger partial charge is 0.493 e. The highest BCUT2D eigenvalue weighted by molar-refractivity contribution is 5.88. The molecule has 0 aliphatic carbocycles. The summed E-state index contributed by atoms with van der Waals surface area (Å²) in [6.07, 6.45) is 1.63. The van der Waals surface area contributed by atoms with Crippen LogP contribution >= 0.6 is 0 Å². The Morgan fingerprint density at radius 1 is 1.26 bits per heavy atom. The number of hydrogen-bond donors (Lipinski definition) is 1. The first-order valence-corrected chi connectivity index (χ1v) is 5.62. The molecule has 5 nitrogen and oxygen atoms in total. The van der Waals surface area contributed by atoms with Crippen LogP contribution < -0.4 is 9.47 Å². The summed E-state index contributed by atoms with van der Waals surface area (Å²) in [5, 5.41) is 8.92. The molecule has 98 valence electrons. The van der Waals surface area contributed by atoms with E-state index in [2.05, 4.69) is 4.98 Å².